The molecule has 0 fully saturated rings. The van der Waals surface area contributed by atoms with Gasteiger partial charge in [-0.1, -0.05) is 38.0 Å². The molecule has 0 amide bonds. The molecule has 4 N–H and O–H groups in total. The Hall–Kier alpha value is -2.83. The lowest BCUT2D eigenvalue weighted by molar-refractivity contribution is -0.137. The molecule has 7 heteroatoms. The fourth-order valence-electron chi connectivity index (χ4n) is 3.07. The molecule has 1 atom stereocenters. The van der Waals surface area contributed by atoms with Gasteiger partial charge in [-0.15, -0.1) is 0 Å². The number of unbranched alkanes of at least 4 members (excludes halogenated alkanes) is 1. The van der Waals surface area contributed by atoms with Crippen LogP contribution in [0.25, 0.3) is 0 Å². The fourth-order valence-corrected chi connectivity index (χ4v) is 3.07. The number of aliphatic carboxylic acids is 1. The van der Waals surface area contributed by atoms with E-state index in [9.17, 15) is 9.90 Å². The van der Waals surface area contributed by atoms with Gasteiger partial charge in [-0.25, -0.2) is 4.98 Å². The predicted molar refractivity (Wildman–Crippen MR) is 106 cm³/mol. The number of carboxylic acid groups (broad SMARTS) is 1. The third-order valence-corrected chi connectivity index (χ3v) is 4.46. The lowest BCUT2D eigenvalue weighted by Gasteiger charge is -2.21. The first-order valence-electron chi connectivity index (χ1n) is 9.17. The summed E-state index contributed by atoms with van der Waals surface area (Å²) in [5.74, 6) is 0.706. The second-order valence-electron chi connectivity index (χ2n) is 6.56. The molecule has 0 saturated heterocycles. The highest BCUT2D eigenvalue weighted by atomic mass is 16.5. The van der Waals surface area contributed by atoms with Crippen molar-refractivity contribution in [3.63, 3.8) is 0 Å². The third kappa shape index (κ3) is 5.84. The number of nitrogen functional groups attached to an aromatic ring is 1. The molecule has 27 heavy (non-hydrogen) atoms. The quantitative estimate of drug-likeness (QED) is 0.586. The van der Waals surface area contributed by atoms with Crippen molar-refractivity contribution in [2.24, 2.45) is 0 Å². The van der Waals surface area contributed by atoms with Crippen molar-refractivity contribution in [3.05, 3.63) is 41.1 Å². The van der Waals surface area contributed by atoms with Crippen molar-refractivity contribution < 1.29 is 14.6 Å². The zero-order valence-electron chi connectivity index (χ0n) is 16.2. The molecule has 1 heterocycles. The molecular formula is C20H28N4O3. The van der Waals surface area contributed by atoms with Crippen LogP contribution in [0.1, 0.15) is 49.4 Å². The first-order chi connectivity index (χ1) is 12.9. The average Bonchev–Trinajstić information content (AvgIpc) is 2.62. The van der Waals surface area contributed by atoms with E-state index < -0.39 is 5.97 Å². The number of hydrogen-bond donors (Lipinski definition) is 3. The van der Waals surface area contributed by atoms with E-state index in [1.54, 1.807) is 7.11 Å². The van der Waals surface area contributed by atoms with Crippen LogP contribution in [0.4, 0.5) is 11.8 Å². The van der Waals surface area contributed by atoms with Crippen LogP contribution in [0, 0.1) is 6.92 Å². The Morgan fingerprint density at radius 1 is 1.33 bits per heavy atom. The Bertz CT molecular complexity index is 780. The number of rotatable bonds is 10. The van der Waals surface area contributed by atoms with Crippen LogP contribution in [0.2, 0.25) is 0 Å². The zero-order chi connectivity index (χ0) is 19.8. The normalized spacial score (nSPS) is 11.8. The summed E-state index contributed by atoms with van der Waals surface area (Å²) < 4.78 is 5.44. The number of benzene rings is 1. The van der Waals surface area contributed by atoms with E-state index in [-0.39, 0.29) is 18.4 Å². The van der Waals surface area contributed by atoms with Crippen LogP contribution in [-0.4, -0.2) is 34.2 Å². The number of nitrogens with two attached hydrogens (primary N) is 1. The second kappa shape index (κ2) is 9.75. The van der Waals surface area contributed by atoms with Gasteiger partial charge in [0, 0.05) is 23.7 Å². The molecule has 146 valence electrons. The Kier molecular flexibility index (Phi) is 7.40. The van der Waals surface area contributed by atoms with Crippen LogP contribution >= 0.6 is 0 Å². The van der Waals surface area contributed by atoms with Gasteiger partial charge in [0.05, 0.1) is 13.5 Å². The van der Waals surface area contributed by atoms with E-state index in [0.29, 0.717) is 12.2 Å². The Balaban J connectivity index is 2.35. The summed E-state index contributed by atoms with van der Waals surface area (Å²) >= 11 is 0. The Morgan fingerprint density at radius 3 is 2.74 bits per heavy atom. The topological polar surface area (TPSA) is 110 Å². The lowest BCUT2D eigenvalue weighted by atomic mass is 10.0. The van der Waals surface area contributed by atoms with Gasteiger partial charge in [-0.05, 0) is 25.0 Å². The highest BCUT2D eigenvalue weighted by Crippen LogP contribution is 2.27. The molecule has 1 aromatic heterocycles. The number of carbonyl (C=O) groups is 1. The minimum atomic E-state index is -0.839. The van der Waals surface area contributed by atoms with E-state index >= 15 is 0 Å². The summed E-state index contributed by atoms with van der Waals surface area (Å²) in [6, 6.07) is 7.55. The minimum Gasteiger partial charge on any atom is -0.496 e. The van der Waals surface area contributed by atoms with E-state index in [4.69, 9.17) is 10.5 Å². The summed E-state index contributed by atoms with van der Waals surface area (Å²) in [5.41, 5.74) is 8.51. The van der Waals surface area contributed by atoms with Crippen molar-refractivity contribution in [2.45, 2.75) is 52.0 Å². The van der Waals surface area contributed by atoms with E-state index in [0.717, 1.165) is 41.8 Å². The number of anilines is 2. The molecular weight excluding hydrogens is 344 g/mol. The first kappa shape index (κ1) is 20.5. The van der Waals surface area contributed by atoms with Crippen LogP contribution in [0.15, 0.2) is 24.3 Å². The standard InChI is InChI=1S/C20H28N4O3/c1-4-5-9-15(12-18(25)26)23-19-16(13(2)22-20(21)24-19)11-14-8-6-7-10-17(14)27-3/h6-8,10,15H,4-5,9,11-12H2,1-3H3,(H,25,26)(H3,21,22,23,24). The van der Waals surface area contributed by atoms with Gasteiger partial charge in [-0.2, -0.15) is 4.98 Å². The number of nitrogens with one attached hydrogen (secondary N) is 1. The van der Waals surface area contributed by atoms with Gasteiger partial charge < -0.3 is 20.9 Å². The number of para-hydroxylation sites is 1. The third-order valence-electron chi connectivity index (χ3n) is 4.46. The highest BCUT2D eigenvalue weighted by molar-refractivity contribution is 5.68. The monoisotopic (exact) mass is 372 g/mol. The molecule has 7 nitrogen and oxygen atoms in total. The molecule has 1 unspecified atom stereocenters. The maximum absolute atomic E-state index is 11.2. The van der Waals surface area contributed by atoms with Gasteiger partial charge in [0.2, 0.25) is 5.95 Å². The predicted octanol–water partition coefficient (Wildman–Crippen LogP) is 3.41. The van der Waals surface area contributed by atoms with E-state index in [1.807, 2.05) is 31.2 Å². The number of methoxy groups -OCH3 is 1. The second-order valence-corrected chi connectivity index (χ2v) is 6.56. The number of aryl methyl sites for hydroxylation is 1. The van der Waals surface area contributed by atoms with Gasteiger partial charge in [0.15, 0.2) is 0 Å². The average molecular weight is 372 g/mol. The molecule has 0 saturated carbocycles. The SMILES string of the molecule is CCCCC(CC(=O)O)Nc1nc(N)nc(C)c1Cc1ccccc1OC. The molecule has 2 rings (SSSR count). The smallest absolute Gasteiger partial charge is 0.305 e. The largest absolute Gasteiger partial charge is 0.496 e. The molecule has 1 aromatic carbocycles. The maximum Gasteiger partial charge on any atom is 0.305 e. The summed E-state index contributed by atoms with van der Waals surface area (Å²) in [6.07, 6.45) is 3.27. The van der Waals surface area contributed by atoms with Crippen molar-refractivity contribution in [1.29, 1.82) is 0 Å². The molecule has 0 spiro atoms. The molecule has 0 aliphatic carbocycles. The van der Waals surface area contributed by atoms with Crippen molar-refractivity contribution in [1.82, 2.24) is 9.97 Å². The molecule has 0 aliphatic heterocycles. The molecule has 0 bridgehead atoms. The van der Waals surface area contributed by atoms with Crippen LogP contribution in [0.5, 0.6) is 5.75 Å². The molecule has 0 aliphatic rings. The number of carboxylic acids is 1. The molecule has 0 radical (unpaired) electrons. The van der Waals surface area contributed by atoms with Crippen LogP contribution in [-0.2, 0) is 11.2 Å². The van der Waals surface area contributed by atoms with Crippen molar-refractivity contribution in [2.75, 3.05) is 18.2 Å². The summed E-state index contributed by atoms with van der Waals surface area (Å²) in [7, 11) is 1.64. The Morgan fingerprint density at radius 2 is 2.07 bits per heavy atom. The van der Waals surface area contributed by atoms with Crippen molar-refractivity contribution >= 4 is 17.7 Å². The number of ether oxygens (including phenoxy) is 1. The fraction of sp³-hybridized carbons (Fsp3) is 0.450. The number of nitrogens with zero attached hydrogens (tertiary/aromatic N) is 2. The van der Waals surface area contributed by atoms with Gasteiger partial charge in [-0.3, -0.25) is 4.79 Å². The lowest BCUT2D eigenvalue weighted by Crippen LogP contribution is -2.25. The number of aromatic nitrogens is 2. The van der Waals surface area contributed by atoms with E-state index in [1.165, 1.54) is 0 Å². The first-order valence-corrected chi connectivity index (χ1v) is 9.17. The summed E-state index contributed by atoms with van der Waals surface area (Å²) in [5, 5.41) is 12.5. The Labute approximate surface area is 160 Å². The summed E-state index contributed by atoms with van der Waals surface area (Å²) in [6.45, 7) is 3.96. The van der Waals surface area contributed by atoms with E-state index in [2.05, 4.69) is 22.2 Å². The van der Waals surface area contributed by atoms with Crippen LogP contribution in [0.3, 0.4) is 0 Å². The minimum absolute atomic E-state index is 0.0249. The molecule has 2 aromatic rings. The summed E-state index contributed by atoms with van der Waals surface area (Å²) in [4.78, 5) is 19.9. The maximum atomic E-state index is 11.2. The highest BCUT2D eigenvalue weighted by Gasteiger charge is 2.18. The van der Waals surface area contributed by atoms with Crippen molar-refractivity contribution in [3.8, 4) is 5.75 Å². The zero-order valence-corrected chi connectivity index (χ0v) is 16.2. The van der Waals surface area contributed by atoms with Gasteiger partial charge in [0.1, 0.15) is 11.6 Å². The number of hydrogen-bond acceptors (Lipinski definition) is 6. The van der Waals surface area contributed by atoms with Gasteiger partial charge in [0.25, 0.3) is 0 Å². The van der Waals surface area contributed by atoms with Gasteiger partial charge >= 0.3 is 5.97 Å². The van der Waals surface area contributed by atoms with Crippen LogP contribution < -0.4 is 15.8 Å².